The highest BCUT2D eigenvalue weighted by Crippen LogP contribution is 2.18. The number of hydrogen-bond donors (Lipinski definition) is 1. The minimum Gasteiger partial charge on any atom is -0.484 e. The molecule has 0 radical (unpaired) electrons. The maximum Gasteiger partial charge on any atom is 0.264 e. The fraction of sp³-hybridized carbons (Fsp3) is 0.316. The van der Waals surface area contributed by atoms with Crippen LogP contribution in [0.15, 0.2) is 54.6 Å². The molecule has 0 aromatic heterocycles. The van der Waals surface area contributed by atoms with Crippen LogP contribution in [0, 0.1) is 5.92 Å². The minimum atomic E-state index is -0.0863. The molecule has 2 aromatic rings. The molecule has 0 aliphatic heterocycles. The van der Waals surface area contributed by atoms with Crippen molar-refractivity contribution in [3.63, 3.8) is 0 Å². The summed E-state index contributed by atoms with van der Waals surface area (Å²) in [6.07, 6.45) is 0. The van der Waals surface area contributed by atoms with Crippen LogP contribution in [0.5, 0.6) is 5.75 Å². The van der Waals surface area contributed by atoms with Gasteiger partial charge >= 0.3 is 0 Å². The van der Waals surface area contributed by atoms with Gasteiger partial charge in [0.25, 0.3) is 5.91 Å². The molecule has 0 unspecified atom stereocenters. The first-order valence-corrected chi connectivity index (χ1v) is 7.84. The van der Waals surface area contributed by atoms with Crippen molar-refractivity contribution in [2.45, 2.75) is 13.8 Å². The molecule has 0 atom stereocenters. The van der Waals surface area contributed by atoms with Crippen molar-refractivity contribution < 1.29 is 9.53 Å². The monoisotopic (exact) mass is 312 g/mol. The molecule has 23 heavy (non-hydrogen) atoms. The van der Waals surface area contributed by atoms with Gasteiger partial charge in [-0.25, -0.2) is 0 Å². The lowest BCUT2D eigenvalue weighted by Gasteiger charge is -2.17. The lowest BCUT2D eigenvalue weighted by molar-refractivity contribution is -0.120. The van der Waals surface area contributed by atoms with Gasteiger partial charge in [-0.15, -0.1) is 0 Å². The third-order valence-corrected chi connectivity index (χ3v) is 3.43. The minimum absolute atomic E-state index is 0.0129. The van der Waals surface area contributed by atoms with Crippen LogP contribution in [0.3, 0.4) is 0 Å². The molecule has 0 saturated heterocycles. The summed E-state index contributed by atoms with van der Waals surface area (Å²) in [5.74, 6) is 1.17. The number of likely N-dealkylation sites (N-methyl/N-ethyl adjacent to an activating group) is 1. The second kappa shape index (κ2) is 8.22. The van der Waals surface area contributed by atoms with Gasteiger partial charge in [-0.1, -0.05) is 38.1 Å². The molecule has 4 heteroatoms. The van der Waals surface area contributed by atoms with Crippen molar-refractivity contribution in [3.8, 4) is 5.75 Å². The fourth-order valence-corrected chi connectivity index (χ4v) is 2.06. The number of nitrogens with one attached hydrogen (secondary N) is 1. The Morgan fingerprint density at radius 2 is 1.87 bits per heavy atom. The van der Waals surface area contributed by atoms with Crippen molar-refractivity contribution in [2.24, 2.45) is 5.92 Å². The maximum absolute atomic E-state index is 12.2. The Labute approximate surface area is 138 Å². The largest absolute Gasteiger partial charge is 0.484 e. The van der Waals surface area contributed by atoms with Gasteiger partial charge < -0.3 is 15.0 Å². The quantitative estimate of drug-likeness (QED) is 0.845. The number of carbonyl (C=O) groups is 1. The molecule has 0 saturated carbocycles. The molecule has 0 heterocycles. The molecular formula is C19H24N2O2. The second-order valence-electron chi connectivity index (χ2n) is 5.88. The van der Waals surface area contributed by atoms with Gasteiger partial charge in [0.05, 0.1) is 0 Å². The SMILES string of the molecule is CC(C)CNc1cccc(OCC(=O)N(C)c2ccccc2)c1. The predicted octanol–water partition coefficient (Wildman–Crippen LogP) is 3.80. The molecule has 122 valence electrons. The zero-order chi connectivity index (χ0) is 16.7. The van der Waals surface area contributed by atoms with Crippen LogP contribution in [-0.4, -0.2) is 26.1 Å². The maximum atomic E-state index is 12.2. The van der Waals surface area contributed by atoms with E-state index in [1.807, 2.05) is 54.6 Å². The Bertz CT molecular complexity index is 626. The van der Waals surface area contributed by atoms with E-state index in [2.05, 4.69) is 19.2 Å². The van der Waals surface area contributed by atoms with Crippen molar-refractivity contribution in [2.75, 3.05) is 30.4 Å². The molecule has 2 rings (SSSR count). The molecule has 0 fully saturated rings. The molecule has 0 aliphatic rings. The van der Waals surface area contributed by atoms with Crippen LogP contribution >= 0.6 is 0 Å². The zero-order valence-electron chi connectivity index (χ0n) is 14.0. The summed E-state index contributed by atoms with van der Waals surface area (Å²) in [6.45, 7) is 5.23. The van der Waals surface area contributed by atoms with E-state index in [1.54, 1.807) is 11.9 Å². The first-order valence-electron chi connectivity index (χ1n) is 7.84. The number of hydrogen-bond acceptors (Lipinski definition) is 3. The Morgan fingerprint density at radius 1 is 1.13 bits per heavy atom. The highest BCUT2D eigenvalue weighted by atomic mass is 16.5. The molecule has 4 nitrogen and oxygen atoms in total. The highest BCUT2D eigenvalue weighted by molar-refractivity contribution is 5.93. The van der Waals surface area contributed by atoms with Gasteiger partial charge in [0.2, 0.25) is 0 Å². The van der Waals surface area contributed by atoms with E-state index >= 15 is 0 Å². The van der Waals surface area contributed by atoms with E-state index in [0.717, 1.165) is 17.9 Å². The Kier molecular flexibility index (Phi) is 6.03. The zero-order valence-corrected chi connectivity index (χ0v) is 14.0. The fourth-order valence-electron chi connectivity index (χ4n) is 2.06. The normalized spacial score (nSPS) is 10.4. The molecule has 1 N–H and O–H groups in total. The molecular weight excluding hydrogens is 288 g/mol. The number of nitrogens with zero attached hydrogens (tertiary/aromatic N) is 1. The van der Waals surface area contributed by atoms with Crippen molar-refractivity contribution in [1.29, 1.82) is 0 Å². The number of rotatable bonds is 7. The van der Waals surface area contributed by atoms with Gasteiger partial charge in [-0.3, -0.25) is 4.79 Å². The van der Waals surface area contributed by atoms with Gasteiger partial charge in [-0.2, -0.15) is 0 Å². The van der Waals surface area contributed by atoms with Gasteiger partial charge in [0, 0.05) is 31.0 Å². The Hall–Kier alpha value is -2.49. The number of ether oxygens (including phenoxy) is 1. The summed E-state index contributed by atoms with van der Waals surface area (Å²) >= 11 is 0. The van der Waals surface area contributed by atoms with E-state index in [1.165, 1.54) is 0 Å². The van der Waals surface area contributed by atoms with Crippen LogP contribution in [0.25, 0.3) is 0 Å². The molecule has 0 aliphatic carbocycles. The van der Waals surface area contributed by atoms with Gasteiger partial charge in [0.15, 0.2) is 6.61 Å². The third kappa shape index (κ3) is 5.33. The average molecular weight is 312 g/mol. The highest BCUT2D eigenvalue weighted by Gasteiger charge is 2.11. The first-order chi connectivity index (χ1) is 11.1. The molecule has 0 spiro atoms. The summed E-state index contributed by atoms with van der Waals surface area (Å²) < 4.78 is 5.63. The number of para-hydroxylation sites is 1. The average Bonchev–Trinajstić information content (AvgIpc) is 2.58. The lowest BCUT2D eigenvalue weighted by atomic mass is 10.2. The smallest absolute Gasteiger partial charge is 0.264 e. The van der Waals surface area contributed by atoms with E-state index in [9.17, 15) is 4.79 Å². The van der Waals surface area contributed by atoms with Crippen LogP contribution in [-0.2, 0) is 4.79 Å². The van der Waals surface area contributed by atoms with E-state index in [4.69, 9.17) is 4.74 Å². The summed E-state index contributed by atoms with van der Waals surface area (Å²) in [5, 5.41) is 3.35. The van der Waals surface area contributed by atoms with Gasteiger partial charge in [-0.05, 0) is 30.2 Å². The van der Waals surface area contributed by atoms with Gasteiger partial charge in [0.1, 0.15) is 5.75 Å². The van der Waals surface area contributed by atoms with Crippen molar-refractivity contribution in [3.05, 3.63) is 54.6 Å². The van der Waals surface area contributed by atoms with Crippen LogP contribution in [0.4, 0.5) is 11.4 Å². The molecule has 2 aromatic carbocycles. The first kappa shape index (κ1) is 16.9. The summed E-state index contributed by atoms with van der Waals surface area (Å²) in [6, 6.07) is 17.2. The van der Waals surface area contributed by atoms with Crippen LogP contribution in [0.2, 0.25) is 0 Å². The van der Waals surface area contributed by atoms with Crippen molar-refractivity contribution >= 4 is 17.3 Å². The summed E-state index contributed by atoms with van der Waals surface area (Å²) in [7, 11) is 1.75. The number of carbonyl (C=O) groups excluding carboxylic acids is 1. The number of amides is 1. The number of anilines is 2. The summed E-state index contributed by atoms with van der Waals surface area (Å²) in [4.78, 5) is 13.8. The van der Waals surface area contributed by atoms with Crippen molar-refractivity contribution in [1.82, 2.24) is 0 Å². The Morgan fingerprint density at radius 3 is 2.57 bits per heavy atom. The van der Waals surface area contributed by atoms with E-state index in [0.29, 0.717) is 11.7 Å². The van der Waals surface area contributed by atoms with Crippen LogP contribution < -0.4 is 15.0 Å². The van der Waals surface area contributed by atoms with E-state index in [-0.39, 0.29) is 12.5 Å². The van der Waals surface area contributed by atoms with Crippen LogP contribution in [0.1, 0.15) is 13.8 Å². The summed E-state index contributed by atoms with van der Waals surface area (Å²) in [5.41, 5.74) is 1.86. The van der Waals surface area contributed by atoms with E-state index < -0.39 is 0 Å². The topological polar surface area (TPSA) is 41.6 Å². The standard InChI is InChI=1S/C19H24N2O2/c1-15(2)13-20-16-8-7-11-18(12-16)23-14-19(22)21(3)17-9-5-4-6-10-17/h4-12,15,20H,13-14H2,1-3H3. The Balaban J connectivity index is 1.90. The molecule has 0 bridgehead atoms. The second-order valence-corrected chi connectivity index (χ2v) is 5.88. The number of benzene rings is 2. The third-order valence-electron chi connectivity index (χ3n) is 3.43. The molecule has 1 amide bonds. The predicted molar refractivity (Wildman–Crippen MR) is 95.1 cm³/mol. The lowest BCUT2D eigenvalue weighted by Crippen LogP contribution is -2.31.